The molecule has 214 valence electrons. The molecule has 0 aliphatic rings. The quantitative estimate of drug-likeness (QED) is 0.277. The Morgan fingerprint density at radius 3 is 2.12 bits per heavy atom. The lowest BCUT2D eigenvalue weighted by atomic mass is 10.1. The van der Waals surface area contributed by atoms with Crippen LogP contribution in [-0.4, -0.2) is 44.3 Å². The smallest absolute Gasteiger partial charge is 0.264 e. The monoisotopic (exact) mass is 563 g/mol. The third-order valence-electron chi connectivity index (χ3n) is 6.92. The summed E-state index contributed by atoms with van der Waals surface area (Å²) in [4.78, 5) is 29.0. The largest absolute Gasteiger partial charge is 0.354 e. The minimum atomic E-state index is -4.09. The first-order valence-corrected chi connectivity index (χ1v) is 15.3. The molecule has 0 heterocycles. The topological polar surface area (TPSA) is 86.8 Å². The molecule has 0 fully saturated rings. The van der Waals surface area contributed by atoms with Crippen LogP contribution in [0.1, 0.15) is 55.4 Å². The van der Waals surface area contributed by atoms with Crippen molar-refractivity contribution in [1.29, 1.82) is 0 Å². The van der Waals surface area contributed by atoms with Crippen molar-refractivity contribution >= 4 is 27.5 Å². The Balaban J connectivity index is 2.05. The fraction of sp³-hybridized carbons (Fsp3) is 0.375. The first kappa shape index (κ1) is 30.9. The van der Waals surface area contributed by atoms with Gasteiger partial charge in [-0.1, -0.05) is 86.0 Å². The van der Waals surface area contributed by atoms with Gasteiger partial charge < -0.3 is 10.2 Å². The van der Waals surface area contributed by atoms with Crippen LogP contribution in [0.15, 0.2) is 77.7 Å². The second-order valence-electron chi connectivity index (χ2n) is 10.2. The average Bonchev–Trinajstić information content (AvgIpc) is 2.93. The Labute approximate surface area is 239 Å². The van der Waals surface area contributed by atoms with E-state index in [-0.39, 0.29) is 17.3 Å². The van der Waals surface area contributed by atoms with E-state index in [4.69, 9.17) is 0 Å². The molecule has 0 spiro atoms. The molecule has 0 unspecified atom stereocenters. The maximum Gasteiger partial charge on any atom is 0.264 e. The van der Waals surface area contributed by atoms with Gasteiger partial charge in [-0.2, -0.15) is 0 Å². The molecule has 0 aliphatic heterocycles. The predicted octanol–water partition coefficient (Wildman–Crippen LogP) is 5.53. The van der Waals surface area contributed by atoms with Crippen LogP contribution in [0, 0.1) is 20.8 Å². The van der Waals surface area contributed by atoms with E-state index >= 15 is 0 Å². The SMILES string of the molecule is CCCCNC(=O)[C@H](CC)N(Cc1ccccc1)C(=O)CN(c1ccc(C)cc1C)S(=O)(=O)c1ccc(C)cc1. The van der Waals surface area contributed by atoms with Crippen LogP contribution in [0.2, 0.25) is 0 Å². The first-order valence-electron chi connectivity index (χ1n) is 13.9. The van der Waals surface area contributed by atoms with Gasteiger partial charge in [0.1, 0.15) is 12.6 Å². The van der Waals surface area contributed by atoms with Crippen molar-refractivity contribution in [2.24, 2.45) is 0 Å². The molecule has 1 atom stereocenters. The summed E-state index contributed by atoms with van der Waals surface area (Å²) < 4.78 is 29.2. The predicted molar refractivity (Wildman–Crippen MR) is 161 cm³/mol. The fourth-order valence-corrected chi connectivity index (χ4v) is 6.12. The molecule has 0 saturated carbocycles. The summed E-state index contributed by atoms with van der Waals surface area (Å²) in [6.45, 7) is 9.84. The number of rotatable bonds is 13. The molecule has 0 saturated heterocycles. The van der Waals surface area contributed by atoms with Crippen LogP contribution in [0.25, 0.3) is 0 Å². The summed E-state index contributed by atoms with van der Waals surface area (Å²) in [7, 11) is -4.09. The van der Waals surface area contributed by atoms with Gasteiger partial charge in [-0.05, 0) is 62.9 Å². The number of unbranched alkanes of at least 4 members (excludes halogenated alkanes) is 1. The highest BCUT2D eigenvalue weighted by molar-refractivity contribution is 7.92. The fourth-order valence-electron chi connectivity index (χ4n) is 4.64. The highest BCUT2D eigenvalue weighted by Crippen LogP contribution is 2.28. The van der Waals surface area contributed by atoms with E-state index in [1.807, 2.05) is 77.1 Å². The molecule has 1 N–H and O–H groups in total. The maximum atomic E-state index is 14.1. The lowest BCUT2D eigenvalue weighted by Crippen LogP contribution is -2.52. The first-order chi connectivity index (χ1) is 19.1. The van der Waals surface area contributed by atoms with Gasteiger partial charge >= 0.3 is 0 Å². The number of hydrogen-bond donors (Lipinski definition) is 1. The summed E-state index contributed by atoms with van der Waals surface area (Å²) in [6.07, 6.45) is 2.17. The van der Waals surface area contributed by atoms with Crippen molar-refractivity contribution in [2.45, 2.75) is 71.4 Å². The van der Waals surface area contributed by atoms with Crippen LogP contribution in [0.4, 0.5) is 5.69 Å². The van der Waals surface area contributed by atoms with Gasteiger partial charge in [0.25, 0.3) is 10.0 Å². The van der Waals surface area contributed by atoms with Gasteiger partial charge in [0.2, 0.25) is 11.8 Å². The van der Waals surface area contributed by atoms with E-state index in [9.17, 15) is 18.0 Å². The van der Waals surface area contributed by atoms with Gasteiger partial charge in [-0.15, -0.1) is 0 Å². The minimum Gasteiger partial charge on any atom is -0.354 e. The Hall–Kier alpha value is -3.65. The van der Waals surface area contributed by atoms with E-state index < -0.39 is 28.5 Å². The number of carbonyl (C=O) groups excluding carboxylic acids is 2. The summed E-state index contributed by atoms with van der Waals surface area (Å²) >= 11 is 0. The van der Waals surface area contributed by atoms with E-state index in [0.717, 1.165) is 35.1 Å². The number of benzene rings is 3. The zero-order chi connectivity index (χ0) is 29.3. The van der Waals surface area contributed by atoms with Gasteiger partial charge in [-0.25, -0.2) is 8.42 Å². The number of hydrogen-bond acceptors (Lipinski definition) is 4. The van der Waals surface area contributed by atoms with Crippen molar-refractivity contribution in [1.82, 2.24) is 10.2 Å². The molecule has 0 radical (unpaired) electrons. The zero-order valence-corrected chi connectivity index (χ0v) is 25.0. The van der Waals surface area contributed by atoms with Crippen molar-refractivity contribution < 1.29 is 18.0 Å². The van der Waals surface area contributed by atoms with E-state index in [1.54, 1.807) is 30.3 Å². The zero-order valence-electron chi connectivity index (χ0n) is 24.2. The van der Waals surface area contributed by atoms with Gasteiger partial charge in [0.15, 0.2) is 0 Å². The molecule has 40 heavy (non-hydrogen) atoms. The van der Waals surface area contributed by atoms with Crippen LogP contribution >= 0.6 is 0 Å². The highest BCUT2D eigenvalue weighted by atomic mass is 32.2. The molecule has 7 nitrogen and oxygen atoms in total. The number of nitrogens with zero attached hydrogens (tertiary/aromatic N) is 2. The molecular formula is C32H41N3O4S. The third-order valence-corrected chi connectivity index (χ3v) is 8.69. The van der Waals surface area contributed by atoms with Gasteiger partial charge in [0.05, 0.1) is 10.6 Å². The van der Waals surface area contributed by atoms with Crippen LogP contribution in [-0.2, 0) is 26.2 Å². The molecule has 0 aromatic heterocycles. The van der Waals surface area contributed by atoms with Crippen LogP contribution in [0.5, 0.6) is 0 Å². The van der Waals surface area contributed by atoms with Gasteiger partial charge in [0, 0.05) is 13.1 Å². The lowest BCUT2D eigenvalue weighted by Gasteiger charge is -2.33. The summed E-state index contributed by atoms with van der Waals surface area (Å²) in [5.41, 5.74) is 3.94. The number of sulfonamides is 1. The Bertz CT molecular complexity index is 1390. The molecular weight excluding hydrogens is 522 g/mol. The van der Waals surface area contributed by atoms with Crippen LogP contribution in [0.3, 0.4) is 0 Å². The molecule has 0 aliphatic carbocycles. The van der Waals surface area contributed by atoms with Crippen molar-refractivity contribution in [3.05, 3.63) is 95.1 Å². The van der Waals surface area contributed by atoms with E-state index in [2.05, 4.69) is 5.32 Å². The molecule has 8 heteroatoms. The second kappa shape index (κ2) is 14.1. The number of amides is 2. The summed E-state index contributed by atoms with van der Waals surface area (Å²) in [6, 6.07) is 20.8. The van der Waals surface area contributed by atoms with Gasteiger partial charge in [-0.3, -0.25) is 13.9 Å². The standard InChI is InChI=1S/C32H41N3O4S/c1-6-8-20-33-32(37)29(7-2)34(22-27-12-10-9-11-13-27)31(36)23-35(30-19-16-25(4)21-26(30)5)40(38,39)28-17-14-24(3)15-18-28/h9-19,21,29H,6-8,20,22-23H2,1-5H3,(H,33,37)/t29-/m0/s1. The average molecular weight is 564 g/mol. The van der Waals surface area contributed by atoms with Crippen LogP contribution < -0.4 is 9.62 Å². The summed E-state index contributed by atoms with van der Waals surface area (Å²) in [5, 5.41) is 2.95. The molecule has 3 rings (SSSR count). The highest BCUT2D eigenvalue weighted by Gasteiger charge is 2.34. The Morgan fingerprint density at radius 2 is 1.52 bits per heavy atom. The number of carbonyl (C=O) groups is 2. The molecule has 3 aromatic rings. The number of anilines is 1. The Kier molecular flexibility index (Phi) is 10.9. The Morgan fingerprint density at radius 1 is 0.875 bits per heavy atom. The van der Waals surface area contributed by atoms with Crippen molar-refractivity contribution in [3.63, 3.8) is 0 Å². The minimum absolute atomic E-state index is 0.102. The summed E-state index contributed by atoms with van der Waals surface area (Å²) in [5.74, 6) is -0.684. The van der Waals surface area contributed by atoms with Crippen molar-refractivity contribution in [2.75, 3.05) is 17.4 Å². The van der Waals surface area contributed by atoms with Crippen molar-refractivity contribution in [3.8, 4) is 0 Å². The molecule has 3 aromatic carbocycles. The molecule has 2 amide bonds. The van der Waals surface area contributed by atoms with E-state index in [0.29, 0.717) is 18.7 Å². The third kappa shape index (κ3) is 7.72. The maximum absolute atomic E-state index is 14.1. The molecule has 0 bridgehead atoms. The number of nitrogens with one attached hydrogen (secondary N) is 1. The second-order valence-corrected chi connectivity index (χ2v) is 12.1. The normalized spacial score (nSPS) is 12.0. The van der Waals surface area contributed by atoms with E-state index in [1.165, 1.54) is 9.21 Å². The lowest BCUT2D eigenvalue weighted by molar-refractivity contribution is -0.140. The number of aryl methyl sites for hydroxylation is 3.